The maximum atomic E-state index is 14.1. The van der Waals surface area contributed by atoms with Crippen LogP contribution in [0.15, 0.2) is 61.1 Å². The molecule has 1 saturated heterocycles. The lowest BCUT2D eigenvalue weighted by Crippen LogP contribution is -2.49. The molecule has 7 heteroatoms. The van der Waals surface area contributed by atoms with Crippen molar-refractivity contribution < 1.29 is 9.59 Å². The van der Waals surface area contributed by atoms with Crippen LogP contribution >= 0.6 is 0 Å². The Labute approximate surface area is 197 Å². The SMILES string of the molecule is CC(C)(C)C(=O)[C@@H]1[C@H](c2cccnc2)[C@](C#N)(C(N)=O)[C@H]2C=Cc3ccc4cccnc4c3N12. The largest absolute Gasteiger partial charge is 0.368 e. The van der Waals surface area contributed by atoms with Crippen LogP contribution in [0, 0.1) is 22.2 Å². The van der Waals surface area contributed by atoms with Gasteiger partial charge in [0.2, 0.25) is 5.91 Å². The van der Waals surface area contributed by atoms with Gasteiger partial charge in [-0.3, -0.25) is 19.6 Å². The first-order valence-corrected chi connectivity index (χ1v) is 11.2. The molecule has 2 N–H and O–H groups in total. The molecule has 4 atom stereocenters. The first kappa shape index (κ1) is 21.8. The highest BCUT2D eigenvalue weighted by molar-refractivity contribution is 6.04. The van der Waals surface area contributed by atoms with Gasteiger partial charge in [0.25, 0.3) is 0 Å². The number of anilines is 1. The second-order valence-electron chi connectivity index (χ2n) is 9.96. The highest BCUT2D eigenvalue weighted by atomic mass is 16.1. The van der Waals surface area contributed by atoms with E-state index in [9.17, 15) is 14.9 Å². The monoisotopic (exact) mass is 451 g/mol. The zero-order valence-corrected chi connectivity index (χ0v) is 19.3. The van der Waals surface area contributed by atoms with Gasteiger partial charge >= 0.3 is 0 Å². The number of pyridine rings is 2. The molecule has 7 nitrogen and oxygen atoms in total. The smallest absolute Gasteiger partial charge is 0.241 e. The first-order chi connectivity index (χ1) is 16.2. The van der Waals surface area contributed by atoms with E-state index < -0.39 is 34.7 Å². The number of aromatic nitrogens is 2. The number of ketones is 1. The standard InChI is InChI=1S/C27H25N5O2/c1-26(2,3)24(33)23-20(18-7-4-12-30-14-18)27(15-28,25(29)34)19-11-10-17-9-8-16-6-5-13-31-21(16)22(17)32(19)23/h4-14,19-20,23H,1-3H3,(H2,29,34)/t19-,20+,23+,27-/m1/s1. The molecule has 0 spiro atoms. The Morgan fingerprint density at radius 3 is 2.56 bits per heavy atom. The number of Topliss-reactive ketones (excluding diaryl/α,β-unsaturated/α-hetero) is 1. The van der Waals surface area contributed by atoms with Gasteiger partial charge in [0, 0.05) is 35.3 Å². The van der Waals surface area contributed by atoms with Gasteiger partial charge in [-0.2, -0.15) is 5.26 Å². The van der Waals surface area contributed by atoms with Crippen LogP contribution in [0.25, 0.3) is 17.0 Å². The van der Waals surface area contributed by atoms with Gasteiger partial charge in [-0.15, -0.1) is 0 Å². The van der Waals surface area contributed by atoms with E-state index in [2.05, 4.69) is 16.0 Å². The van der Waals surface area contributed by atoms with E-state index in [0.29, 0.717) is 11.1 Å². The van der Waals surface area contributed by atoms with Gasteiger partial charge in [-0.25, -0.2) is 0 Å². The second-order valence-corrected chi connectivity index (χ2v) is 9.96. The fraction of sp³-hybridized carbons (Fsp3) is 0.296. The highest BCUT2D eigenvalue weighted by Gasteiger charge is 2.66. The summed E-state index contributed by atoms with van der Waals surface area (Å²) in [4.78, 5) is 38.1. The number of carbonyl (C=O) groups is 2. The van der Waals surface area contributed by atoms with E-state index in [0.717, 1.165) is 16.6 Å². The summed E-state index contributed by atoms with van der Waals surface area (Å²) in [6, 6.07) is 12.0. The Balaban J connectivity index is 1.89. The maximum absolute atomic E-state index is 14.1. The Bertz CT molecular complexity index is 1390. The maximum Gasteiger partial charge on any atom is 0.241 e. The Morgan fingerprint density at radius 2 is 1.91 bits per heavy atom. The van der Waals surface area contributed by atoms with Crippen LogP contribution in [0.3, 0.4) is 0 Å². The Morgan fingerprint density at radius 1 is 1.15 bits per heavy atom. The normalized spacial score (nSPS) is 25.5. The third-order valence-electron chi connectivity index (χ3n) is 7.01. The molecule has 3 aromatic rings. The van der Waals surface area contributed by atoms with E-state index in [4.69, 9.17) is 5.73 Å². The number of carbonyl (C=O) groups excluding carboxylic acids is 2. The van der Waals surface area contributed by atoms with Crippen molar-refractivity contribution in [3.63, 3.8) is 0 Å². The number of fused-ring (bicyclic) bond motifs is 5. The van der Waals surface area contributed by atoms with Gasteiger partial charge in [0.05, 0.1) is 29.4 Å². The summed E-state index contributed by atoms with van der Waals surface area (Å²) < 4.78 is 0. The minimum absolute atomic E-state index is 0.0843. The van der Waals surface area contributed by atoms with Gasteiger partial charge in [-0.05, 0) is 23.3 Å². The zero-order chi connectivity index (χ0) is 24.3. The predicted molar refractivity (Wildman–Crippen MR) is 130 cm³/mol. The summed E-state index contributed by atoms with van der Waals surface area (Å²) in [6.45, 7) is 5.55. The summed E-state index contributed by atoms with van der Waals surface area (Å²) >= 11 is 0. The predicted octanol–water partition coefficient (Wildman–Crippen LogP) is 3.61. The van der Waals surface area contributed by atoms with Crippen LogP contribution in [-0.2, 0) is 9.59 Å². The highest BCUT2D eigenvalue weighted by Crippen LogP contribution is 2.57. The van der Waals surface area contributed by atoms with Crippen LogP contribution < -0.4 is 10.6 Å². The van der Waals surface area contributed by atoms with Crippen molar-refractivity contribution in [3.8, 4) is 6.07 Å². The molecule has 1 fully saturated rings. The first-order valence-electron chi connectivity index (χ1n) is 11.2. The van der Waals surface area contributed by atoms with Crippen LogP contribution in [0.5, 0.6) is 0 Å². The molecule has 4 heterocycles. The lowest BCUT2D eigenvalue weighted by Gasteiger charge is -2.38. The van der Waals surface area contributed by atoms with Crippen molar-refractivity contribution in [1.29, 1.82) is 5.26 Å². The molecule has 1 amide bonds. The fourth-order valence-corrected chi connectivity index (χ4v) is 5.47. The number of amides is 1. The Hall–Kier alpha value is -4.05. The molecule has 34 heavy (non-hydrogen) atoms. The van der Waals surface area contributed by atoms with E-state index in [1.807, 2.05) is 62.1 Å². The molecule has 2 aliphatic rings. The lowest BCUT2D eigenvalue weighted by molar-refractivity contribution is -0.128. The summed E-state index contributed by atoms with van der Waals surface area (Å²) in [5, 5.41) is 11.5. The average molecular weight is 452 g/mol. The molecule has 170 valence electrons. The van der Waals surface area contributed by atoms with Crippen LogP contribution in [-0.4, -0.2) is 33.7 Å². The number of benzene rings is 1. The molecule has 5 rings (SSSR count). The minimum atomic E-state index is -1.68. The molecule has 2 aliphatic heterocycles. The van der Waals surface area contributed by atoms with Crippen LogP contribution in [0.1, 0.15) is 37.8 Å². The molecule has 0 bridgehead atoms. The number of nitrogens with two attached hydrogens (primary N) is 1. The topological polar surface area (TPSA) is 113 Å². The zero-order valence-electron chi connectivity index (χ0n) is 19.3. The lowest BCUT2D eigenvalue weighted by atomic mass is 9.66. The van der Waals surface area contributed by atoms with Crippen molar-refractivity contribution in [1.82, 2.24) is 9.97 Å². The molecule has 1 aromatic carbocycles. The summed E-state index contributed by atoms with van der Waals surface area (Å²) in [5.41, 5.74) is 6.54. The molecular formula is C27H25N5O2. The van der Waals surface area contributed by atoms with Crippen molar-refractivity contribution in [2.24, 2.45) is 16.6 Å². The Kier molecular flexibility index (Phi) is 4.80. The average Bonchev–Trinajstić information content (AvgIpc) is 3.14. The van der Waals surface area contributed by atoms with E-state index in [-0.39, 0.29) is 5.78 Å². The van der Waals surface area contributed by atoms with E-state index >= 15 is 0 Å². The molecule has 0 saturated carbocycles. The van der Waals surface area contributed by atoms with Crippen molar-refractivity contribution in [2.75, 3.05) is 4.90 Å². The van der Waals surface area contributed by atoms with Crippen molar-refractivity contribution in [3.05, 3.63) is 72.2 Å². The number of rotatable bonds is 3. The summed E-state index contributed by atoms with van der Waals surface area (Å²) in [7, 11) is 0. The summed E-state index contributed by atoms with van der Waals surface area (Å²) in [5.74, 6) is -1.65. The van der Waals surface area contributed by atoms with E-state index in [1.54, 1.807) is 30.7 Å². The molecule has 0 radical (unpaired) electrons. The number of hydrogen-bond donors (Lipinski definition) is 1. The van der Waals surface area contributed by atoms with Crippen LogP contribution in [0.4, 0.5) is 5.69 Å². The second kappa shape index (κ2) is 7.49. The number of nitriles is 1. The molecule has 2 aromatic heterocycles. The summed E-state index contributed by atoms with van der Waals surface area (Å²) in [6.07, 6.45) is 8.66. The third-order valence-corrected chi connectivity index (χ3v) is 7.01. The molecule has 0 aliphatic carbocycles. The molecule has 0 unspecified atom stereocenters. The van der Waals surface area contributed by atoms with E-state index in [1.165, 1.54) is 0 Å². The third kappa shape index (κ3) is 2.88. The van der Waals surface area contributed by atoms with Gasteiger partial charge in [0.1, 0.15) is 0 Å². The number of primary amides is 1. The minimum Gasteiger partial charge on any atom is -0.368 e. The molecular weight excluding hydrogens is 426 g/mol. The number of hydrogen-bond acceptors (Lipinski definition) is 6. The van der Waals surface area contributed by atoms with Gasteiger partial charge in [0.15, 0.2) is 11.2 Å². The van der Waals surface area contributed by atoms with Gasteiger partial charge < -0.3 is 10.6 Å². The van der Waals surface area contributed by atoms with Crippen molar-refractivity contribution >= 4 is 34.4 Å². The number of nitrogens with zero attached hydrogens (tertiary/aromatic N) is 4. The van der Waals surface area contributed by atoms with Gasteiger partial charge in [-0.1, -0.05) is 57.2 Å². The van der Waals surface area contributed by atoms with Crippen LogP contribution in [0.2, 0.25) is 0 Å². The quantitative estimate of drug-likeness (QED) is 0.651. The fourth-order valence-electron chi connectivity index (χ4n) is 5.47. The van der Waals surface area contributed by atoms with Crippen molar-refractivity contribution in [2.45, 2.75) is 38.8 Å².